The van der Waals surface area contributed by atoms with Gasteiger partial charge in [0.1, 0.15) is 0 Å². The predicted octanol–water partition coefficient (Wildman–Crippen LogP) is 5.09. The molecule has 1 aromatic heterocycles. The molecule has 0 amide bonds. The number of sulfonamides is 1. The van der Waals surface area contributed by atoms with Gasteiger partial charge in [0.15, 0.2) is 15.3 Å². The Morgan fingerprint density at radius 2 is 1.61 bits per heavy atom. The van der Waals surface area contributed by atoms with E-state index in [1.54, 1.807) is 4.57 Å². The second kappa shape index (κ2) is 9.07. The number of halogens is 3. The third-order valence-corrected chi connectivity index (χ3v) is 9.54. The molecule has 1 saturated heterocycles. The first-order chi connectivity index (χ1) is 15.7. The van der Waals surface area contributed by atoms with Crippen molar-refractivity contribution in [2.24, 2.45) is 0 Å². The van der Waals surface area contributed by atoms with Crippen LogP contribution in [0.15, 0.2) is 58.7 Å². The lowest BCUT2D eigenvalue weighted by atomic mass is 9.89. The number of imidazole rings is 1. The highest BCUT2D eigenvalue weighted by Gasteiger charge is 2.44. The summed E-state index contributed by atoms with van der Waals surface area (Å²) in [7, 11) is -3.81. The number of nitrogens with zero attached hydrogens (tertiary/aromatic N) is 3. The number of thioether (sulfide) groups is 1. The van der Waals surface area contributed by atoms with E-state index in [1.807, 2.05) is 55.5 Å². The van der Waals surface area contributed by atoms with Crippen LogP contribution < -0.4 is 4.72 Å². The number of likely N-dealkylation sites (tertiary alicyclic amines) is 1. The van der Waals surface area contributed by atoms with Crippen LogP contribution in [0.1, 0.15) is 24.1 Å². The number of rotatable bonds is 6. The minimum atomic E-state index is -3.81. The van der Waals surface area contributed by atoms with Crippen LogP contribution in [0.3, 0.4) is 0 Å². The molecule has 33 heavy (non-hydrogen) atoms. The topological polar surface area (TPSA) is 67.2 Å². The maximum absolute atomic E-state index is 13.2. The molecule has 2 aromatic carbocycles. The Balaban J connectivity index is 1.39. The number of benzene rings is 2. The highest BCUT2D eigenvalue weighted by atomic mass is 35.5. The molecule has 2 atom stereocenters. The third-order valence-electron chi connectivity index (χ3n) is 6.17. The molecule has 0 saturated carbocycles. The van der Waals surface area contributed by atoms with Crippen LogP contribution in [0.5, 0.6) is 0 Å². The molecule has 0 spiro atoms. The highest BCUT2D eigenvalue weighted by Crippen LogP contribution is 2.38. The smallest absolute Gasteiger partial charge is 0.259 e. The highest BCUT2D eigenvalue weighted by molar-refractivity contribution is 7.99. The van der Waals surface area contributed by atoms with Crippen LogP contribution in [-0.4, -0.2) is 47.3 Å². The zero-order valence-corrected chi connectivity index (χ0v) is 21.5. The molecule has 0 aliphatic carbocycles. The lowest BCUT2D eigenvalue weighted by Gasteiger charge is -2.50. The van der Waals surface area contributed by atoms with Gasteiger partial charge in [-0.15, -0.1) is 0 Å². The van der Waals surface area contributed by atoms with E-state index in [0.717, 1.165) is 16.9 Å². The first-order valence-corrected chi connectivity index (χ1v) is 14.0. The molecule has 6 nitrogen and oxygen atoms in total. The third kappa shape index (κ3) is 4.43. The van der Waals surface area contributed by atoms with E-state index in [0.29, 0.717) is 28.3 Å². The zero-order valence-electron chi connectivity index (χ0n) is 17.6. The maximum atomic E-state index is 13.2. The van der Waals surface area contributed by atoms with Crippen molar-refractivity contribution in [3.05, 3.63) is 74.9 Å². The Morgan fingerprint density at radius 3 is 2.15 bits per heavy atom. The van der Waals surface area contributed by atoms with Crippen molar-refractivity contribution < 1.29 is 8.42 Å². The van der Waals surface area contributed by atoms with E-state index < -0.39 is 10.0 Å². The molecule has 1 fully saturated rings. The van der Waals surface area contributed by atoms with Gasteiger partial charge in [0, 0.05) is 34.9 Å². The van der Waals surface area contributed by atoms with Crippen molar-refractivity contribution in [3.8, 4) is 0 Å². The summed E-state index contributed by atoms with van der Waals surface area (Å²) in [5, 5.41) is 2.06. The molecule has 1 N–H and O–H groups in total. The lowest BCUT2D eigenvalue weighted by molar-refractivity contribution is 0.0369. The SMILES string of the molecule is C[C@@H]1[C@@H](NS(=O)(=O)c2c(Cl)nc3n2CCS3)CN1C(c1ccc(Cl)cc1)c1ccc(Cl)cc1. The summed E-state index contributed by atoms with van der Waals surface area (Å²) in [6.45, 7) is 3.15. The molecule has 3 heterocycles. The van der Waals surface area contributed by atoms with Gasteiger partial charge in [-0.05, 0) is 42.3 Å². The summed E-state index contributed by atoms with van der Waals surface area (Å²) in [6, 6.07) is 15.1. The van der Waals surface area contributed by atoms with Crippen LogP contribution in [0.4, 0.5) is 0 Å². The van der Waals surface area contributed by atoms with Gasteiger partial charge in [0.2, 0.25) is 0 Å². The van der Waals surface area contributed by atoms with Gasteiger partial charge < -0.3 is 4.57 Å². The molecule has 0 radical (unpaired) electrons. The molecule has 174 valence electrons. The fourth-order valence-corrected chi connectivity index (χ4v) is 7.73. The minimum absolute atomic E-state index is 0.0220. The van der Waals surface area contributed by atoms with Gasteiger partial charge in [0.25, 0.3) is 10.0 Å². The fourth-order valence-electron chi connectivity index (χ4n) is 4.42. The number of aromatic nitrogens is 2. The molecule has 5 rings (SSSR count). The largest absolute Gasteiger partial charge is 0.307 e. The van der Waals surface area contributed by atoms with E-state index in [4.69, 9.17) is 34.8 Å². The molecule has 2 aliphatic heterocycles. The summed E-state index contributed by atoms with van der Waals surface area (Å²) in [6.07, 6.45) is 0. The van der Waals surface area contributed by atoms with Gasteiger partial charge in [-0.2, -0.15) is 0 Å². The summed E-state index contributed by atoms with van der Waals surface area (Å²) in [5.74, 6) is 0.791. The maximum Gasteiger partial charge on any atom is 0.259 e. The second-order valence-corrected chi connectivity index (χ2v) is 12.1. The van der Waals surface area contributed by atoms with Gasteiger partial charge in [-0.1, -0.05) is 70.8 Å². The lowest BCUT2D eigenvalue weighted by Crippen LogP contribution is -2.66. The second-order valence-electron chi connectivity index (χ2n) is 8.16. The van der Waals surface area contributed by atoms with Gasteiger partial charge in [-0.25, -0.2) is 18.1 Å². The molecular weight excluding hydrogens is 523 g/mol. The number of hydrogen-bond donors (Lipinski definition) is 1. The van der Waals surface area contributed by atoms with E-state index in [-0.39, 0.29) is 28.3 Å². The van der Waals surface area contributed by atoms with Gasteiger partial charge in [0.05, 0.1) is 12.1 Å². The Morgan fingerprint density at radius 1 is 1.03 bits per heavy atom. The van der Waals surface area contributed by atoms with Crippen LogP contribution in [0.2, 0.25) is 15.2 Å². The quantitative estimate of drug-likeness (QED) is 0.469. The van der Waals surface area contributed by atoms with Crippen LogP contribution in [0.25, 0.3) is 0 Å². The fraction of sp³-hybridized carbons (Fsp3) is 0.318. The normalized spacial score (nSPS) is 20.8. The van der Waals surface area contributed by atoms with Gasteiger partial charge in [-0.3, -0.25) is 4.90 Å². The minimum Gasteiger partial charge on any atom is -0.307 e. The Kier molecular flexibility index (Phi) is 6.46. The molecule has 11 heteroatoms. The number of hydrogen-bond acceptors (Lipinski definition) is 5. The van der Waals surface area contributed by atoms with Gasteiger partial charge >= 0.3 is 0 Å². The van der Waals surface area contributed by atoms with Crippen molar-refractivity contribution in [1.29, 1.82) is 0 Å². The monoisotopic (exact) mass is 542 g/mol. The molecule has 0 bridgehead atoms. The summed E-state index contributed by atoms with van der Waals surface area (Å²) >= 11 is 19.9. The number of fused-ring (bicyclic) bond motifs is 1. The van der Waals surface area contributed by atoms with E-state index >= 15 is 0 Å². The van der Waals surface area contributed by atoms with E-state index in [9.17, 15) is 8.42 Å². The molecule has 0 unspecified atom stereocenters. The zero-order chi connectivity index (χ0) is 23.3. The predicted molar refractivity (Wildman–Crippen MR) is 133 cm³/mol. The van der Waals surface area contributed by atoms with Crippen LogP contribution >= 0.6 is 46.6 Å². The van der Waals surface area contributed by atoms with Crippen molar-refractivity contribution in [1.82, 2.24) is 19.2 Å². The Hall–Kier alpha value is -1.26. The summed E-state index contributed by atoms with van der Waals surface area (Å²) < 4.78 is 30.9. The van der Waals surface area contributed by atoms with Crippen molar-refractivity contribution in [2.75, 3.05) is 12.3 Å². The van der Waals surface area contributed by atoms with Crippen LogP contribution in [-0.2, 0) is 16.6 Å². The van der Waals surface area contributed by atoms with Crippen molar-refractivity contribution >= 4 is 56.6 Å². The Bertz CT molecular complexity index is 1230. The average molecular weight is 544 g/mol. The standard InChI is InChI=1S/C22H21Cl3N4O2S2/c1-13-18(27-33(30,31)21-20(25)26-22-28(21)10-11-32-22)12-29(13)19(14-2-6-16(23)7-3-14)15-4-8-17(24)9-5-15/h2-9,13,18-19,27H,10-12H2,1H3/t13-,18+/m1/s1. The first kappa shape index (κ1) is 23.5. The first-order valence-electron chi connectivity index (χ1n) is 10.4. The van der Waals surface area contributed by atoms with E-state index in [1.165, 1.54) is 11.8 Å². The van der Waals surface area contributed by atoms with Crippen molar-refractivity contribution in [3.63, 3.8) is 0 Å². The Labute approximate surface area is 212 Å². The van der Waals surface area contributed by atoms with E-state index in [2.05, 4.69) is 14.6 Å². The summed E-state index contributed by atoms with van der Waals surface area (Å²) in [5.41, 5.74) is 2.15. The summed E-state index contributed by atoms with van der Waals surface area (Å²) in [4.78, 5) is 6.47. The molecule has 2 aliphatic rings. The van der Waals surface area contributed by atoms with Crippen LogP contribution in [0, 0.1) is 0 Å². The molecule has 3 aromatic rings. The van der Waals surface area contributed by atoms with Crippen molar-refractivity contribution in [2.45, 2.75) is 41.8 Å². The molecular formula is C22H21Cl3N4O2S2. The average Bonchev–Trinajstić information content (AvgIpc) is 3.34. The number of nitrogens with one attached hydrogen (secondary N) is 1.